The first kappa shape index (κ1) is 21.5. The summed E-state index contributed by atoms with van der Waals surface area (Å²) in [5.74, 6) is 0.901. The Balaban J connectivity index is 2.78. The van der Waals surface area contributed by atoms with Crippen LogP contribution in [0.1, 0.15) is 63.0 Å². The van der Waals surface area contributed by atoms with E-state index in [4.69, 9.17) is 9.47 Å². The average Bonchev–Trinajstić information content (AvgIpc) is 2.56. The molecule has 1 rings (SSSR count). The van der Waals surface area contributed by atoms with Gasteiger partial charge in [0.2, 0.25) is 0 Å². The van der Waals surface area contributed by atoms with Crippen LogP contribution in [-0.2, 0) is 15.9 Å². The van der Waals surface area contributed by atoms with Gasteiger partial charge in [-0.25, -0.2) is 0 Å². The Kier molecular flexibility index (Phi) is 10.3. The van der Waals surface area contributed by atoms with E-state index in [-0.39, 0.29) is 17.4 Å². The molecule has 2 N–H and O–H groups in total. The van der Waals surface area contributed by atoms with Crippen molar-refractivity contribution in [2.75, 3.05) is 20.5 Å². The molecule has 0 aromatic heterocycles. The first-order valence-electron chi connectivity index (χ1n) is 9.25. The highest BCUT2D eigenvalue weighted by Gasteiger charge is 2.19. The standard InChI is InChI=1S/C21H34O4/c1-5-7-9-18(8-6-2)21-19(22)13-17(14-20(21)23)12-16(3)10-11-25-15-24-4/h6,13-14,16,18,22-23H,2,5,7-12,15H2,1,3-4H3/t16-,18-/m1/s1. The van der Waals surface area contributed by atoms with Crippen LogP contribution in [0.3, 0.4) is 0 Å². The Morgan fingerprint density at radius 2 is 1.88 bits per heavy atom. The van der Waals surface area contributed by atoms with Crippen molar-refractivity contribution >= 4 is 0 Å². The number of hydrogen-bond donors (Lipinski definition) is 2. The van der Waals surface area contributed by atoms with E-state index in [1.165, 1.54) is 0 Å². The van der Waals surface area contributed by atoms with Gasteiger partial charge in [0.15, 0.2) is 0 Å². The second-order valence-corrected chi connectivity index (χ2v) is 6.82. The Hall–Kier alpha value is -1.52. The van der Waals surface area contributed by atoms with E-state index in [0.717, 1.165) is 44.1 Å². The van der Waals surface area contributed by atoms with Gasteiger partial charge in [0, 0.05) is 19.3 Å². The lowest BCUT2D eigenvalue weighted by Crippen LogP contribution is -2.07. The molecule has 25 heavy (non-hydrogen) atoms. The summed E-state index contributed by atoms with van der Waals surface area (Å²) in [5, 5.41) is 21.0. The fraction of sp³-hybridized carbons (Fsp3) is 0.619. The fourth-order valence-corrected chi connectivity index (χ4v) is 3.18. The molecule has 0 spiro atoms. The third kappa shape index (κ3) is 7.49. The maximum atomic E-state index is 10.5. The number of phenols is 2. The van der Waals surface area contributed by atoms with Crippen LogP contribution in [-0.4, -0.2) is 30.7 Å². The van der Waals surface area contributed by atoms with Crippen LogP contribution in [0.25, 0.3) is 0 Å². The molecule has 0 amide bonds. The zero-order chi connectivity index (χ0) is 18.7. The minimum Gasteiger partial charge on any atom is -0.508 e. The first-order valence-corrected chi connectivity index (χ1v) is 9.25. The summed E-state index contributed by atoms with van der Waals surface area (Å²) in [6.07, 6.45) is 7.41. The molecule has 0 saturated carbocycles. The summed E-state index contributed by atoms with van der Waals surface area (Å²) in [6, 6.07) is 3.59. The molecule has 0 fully saturated rings. The summed E-state index contributed by atoms with van der Waals surface area (Å²) in [6.45, 7) is 9.04. The minimum absolute atomic E-state index is 0.117. The molecule has 1 aromatic rings. The Bertz CT molecular complexity index is 490. The minimum atomic E-state index is 0.117. The van der Waals surface area contributed by atoms with Crippen LogP contribution in [0.5, 0.6) is 11.5 Å². The smallest absolute Gasteiger partial charge is 0.146 e. The summed E-state index contributed by atoms with van der Waals surface area (Å²) in [5.41, 5.74) is 1.61. The third-order valence-corrected chi connectivity index (χ3v) is 4.50. The number of phenolic OH excluding ortho intramolecular Hbond substituents is 2. The van der Waals surface area contributed by atoms with Crippen LogP contribution in [0.15, 0.2) is 24.8 Å². The number of aromatic hydroxyl groups is 2. The van der Waals surface area contributed by atoms with E-state index in [1.54, 1.807) is 19.2 Å². The molecule has 0 aliphatic carbocycles. The van der Waals surface area contributed by atoms with Gasteiger partial charge in [-0.15, -0.1) is 6.58 Å². The molecule has 1 aromatic carbocycles. The summed E-state index contributed by atoms with van der Waals surface area (Å²) >= 11 is 0. The van der Waals surface area contributed by atoms with Crippen molar-refractivity contribution < 1.29 is 19.7 Å². The molecule has 0 bridgehead atoms. The number of ether oxygens (including phenoxy) is 2. The average molecular weight is 350 g/mol. The van der Waals surface area contributed by atoms with Crippen LogP contribution < -0.4 is 0 Å². The van der Waals surface area contributed by atoms with Gasteiger partial charge in [-0.3, -0.25) is 0 Å². The SMILES string of the molecule is C=CC[C@H](CCCC)c1c(O)cc(C[C@H](C)CCOCOC)cc1O. The maximum absolute atomic E-state index is 10.5. The van der Waals surface area contributed by atoms with Gasteiger partial charge in [0.25, 0.3) is 0 Å². The van der Waals surface area contributed by atoms with Crippen molar-refractivity contribution in [2.45, 2.75) is 58.3 Å². The lowest BCUT2D eigenvalue weighted by molar-refractivity contribution is -0.0339. The van der Waals surface area contributed by atoms with Crippen molar-refractivity contribution in [1.82, 2.24) is 0 Å². The second kappa shape index (κ2) is 11.9. The molecule has 142 valence electrons. The normalized spacial score (nSPS) is 13.6. The lowest BCUT2D eigenvalue weighted by Gasteiger charge is -2.20. The number of hydrogen-bond acceptors (Lipinski definition) is 4. The molecule has 0 radical (unpaired) electrons. The Morgan fingerprint density at radius 3 is 2.44 bits per heavy atom. The topological polar surface area (TPSA) is 58.9 Å². The maximum Gasteiger partial charge on any atom is 0.146 e. The largest absolute Gasteiger partial charge is 0.508 e. The van der Waals surface area contributed by atoms with Crippen molar-refractivity contribution in [3.8, 4) is 11.5 Å². The van der Waals surface area contributed by atoms with E-state index in [2.05, 4.69) is 20.4 Å². The van der Waals surface area contributed by atoms with E-state index in [9.17, 15) is 10.2 Å². The molecule has 0 saturated heterocycles. The highest BCUT2D eigenvalue weighted by atomic mass is 16.7. The van der Waals surface area contributed by atoms with Crippen LogP contribution in [0.4, 0.5) is 0 Å². The third-order valence-electron chi connectivity index (χ3n) is 4.50. The number of rotatable bonds is 13. The number of methoxy groups -OCH3 is 1. The van der Waals surface area contributed by atoms with Gasteiger partial charge >= 0.3 is 0 Å². The highest BCUT2D eigenvalue weighted by Crippen LogP contribution is 2.40. The molecule has 4 heteroatoms. The van der Waals surface area contributed by atoms with Crippen LogP contribution in [0, 0.1) is 5.92 Å². The van der Waals surface area contributed by atoms with E-state index < -0.39 is 0 Å². The predicted octanol–water partition coefficient (Wildman–Crippen LogP) is 5.14. The Morgan fingerprint density at radius 1 is 1.20 bits per heavy atom. The monoisotopic (exact) mass is 350 g/mol. The van der Waals surface area contributed by atoms with Gasteiger partial charge in [0.05, 0.1) is 0 Å². The molecule has 0 aliphatic rings. The Labute approximate surface area is 152 Å². The zero-order valence-corrected chi connectivity index (χ0v) is 16.0. The highest BCUT2D eigenvalue weighted by molar-refractivity contribution is 5.49. The molecule has 4 nitrogen and oxygen atoms in total. The van der Waals surface area contributed by atoms with Gasteiger partial charge in [0.1, 0.15) is 18.3 Å². The zero-order valence-electron chi connectivity index (χ0n) is 16.0. The molecule has 0 aliphatic heterocycles. The number of benzene rings is 1. The van der Waals surface area contributed by atoms with Gasteiger partial charge in [-0.1, -0.05) is 32.8 Å². The summed E-state index contributed by atoms with van der Waals surface area (Å²) in [7, 11) is 1.61. The quantitative estimate of drug-likeness (QED) is 0.294. The predicted molar refractivity (Wildman–Crippen MR) is 102 cm³/mol. The van der Waals surface area contributed by atoms with Crippen LogP contribution in [0.2, 0.25) is 0 Å². The van der Waals surface area contributed by atoms with Gasteiger partial charge in [-0.05, 0) is 55.2 Å². The van der Waals surface area contributed by atoms with Crippen molar-refractivity contribution in [3.63, 3.8) is 0 Å². The van der Waals surface area contributed by atoms with Crippen molar-refractivity contribution in [2.24, 2.45) is 5.92 Å². The molecular formula is C21H34O4. The van der Waals surface area contributed by atoms with Gasteiger partial charge in [-0.2, -0.15) is 0 Å². The van der Waals surface area contributed by atoms with Gasteiger partial charge < -0.3 is 19.7 Å². The van der Waals surface area contributed by atoms with E-state index >= 15 is 0 Å². The lowest BCUT2D eigenvalue weighted by atomic mass is 9.87. The van der Waals surface area contributed by atoms with Crippen LogP contribution >= 0.6 is 0 Å². The van der Waals surface area contributed by atoms with Crippen molar-refractivity contribution in [3.05, 3.63) is 35.9 Å². The fourth-order valence-electron chi connectivity index (χ4n) is 3.18. The molecular weight excluding hydrogens is 316 g/mol. The van der Waals surface area contributed by atoms with E-state index in [1.807, 2.05) is 6.08 Å². The van der Waals surface area contributed by atoms with E-state index in [0.29, 0.717) is 24.9 Å². The number of unbranched alkanes of at least 4 members (excludes halogenated alkanes) is 1. The molecule has 0 unspecified atom stereocenters. The summed E-state index contributed by atoms with van der Waals surface area (Å²) < 4.78 is 10.2. The second-order valence-electron chi connectivity index (χ2n) is 6.82. The first-order chi connectivity index (χ1) is 12.0. The number of allylic oxidation sites excluding steroid dienone is 1. The van der Waals surface area contributed by atoms with Crippen molar-refractivity contribution in [1.29, 1.82) is 0 Å². The molecule has 0 heterocycles. The molecule has 2 atom stereocenters. The summed E-state index contributed by atoms with van der Waals surface area (Å²) in [4.78, 5) is 0.